The number of methoxy groups -OCH3 is 1. The highest BCUT2D eigenvalue weighted by atomic mass is 16.5. The normalized spacial score (nSPS) is 17.6. The number of hydrogen-bond acceptors (Lipinski definition) is 3. The molecule has 1 amide bonds. The molecule has 116 valence electrons. The molecule has 0 saturated carbocycles. The third kappa shape index (κ3) is 2.35. The van der Waals surface area contributed by atoms with E-state index in [1.165, 1.54) is 0 Å². The smallest absolute Gasteiger partial charge is 0.256 e. The van der Waals surface area contributed by atoms with Gasteiger partial charge in [-0.25, -0.2) is 0 Å². The third-order valence-electron chi connectivity index (χ3n) is 4.46. The molecule has 23 heavy (non-hydrogen) atoms. The molecule has 0 aromatic heterocycles. The van der Waals surface area contributed by atoms with Crippen molar-refractivity contribution in [2.45, 2.75) is 25.9 Å². The predicted octanol–water partition coefficient (Wildman–Crippen LogP) is 3.79. The number of rotatable bonds is 3. The van der Waals surface area contributed by atoms with Crippen molar-refractivity contribution in [3.8, 4) is 11.8 Å². The van der Waals surface area contributed by atoms with Crippen LogP contribution in [0.4, 0.5) is 0 Å². The third-order valence-corrected chi connectivity index (χ3v) is 4.46. The lowest BCUT2D eigenvalue weighted by Crippen LogP contribution is -2.30. The van der Waals surface area contributed by atoms with Crippen molar-refractivity contribution in [1.29, 1.82) is 5.26 Å². The molecule has 0 saturated heterocycles. The van der Waals surface area contributed by atoms with Gasteiger partial charge in [-0.1, -0.05) is 30.3 Å². The quantitative estimate of drug-likeness (QED) is 0.867. The molecule has 2 aromatic rings. The topological polar surface area (TPSA) is 53.3 Å². The molecule has 0 radical (unpaired) electrons. The van der Waals surface area contributed by atoms with Gasteiger partial charge in [-0.15, -0.1) is 0 Å². The minimum Gasteiger partial charge on any atom is -0.497 e. The maximum Gasteiger partial charge on any atom is 0.256 e. The maximum absolute atomic E-state index is 12.9. The molecule has 0 aliphatic carbocycles. The summed E-state index contributed by atoms with van der Waals surface area (Å²) in [6.45, 7) is 3.86. The van der Waals surface area contributed by atoms with Gasteiger partial charge < -0.3 is 9.64 Å². The van der Waals surface area contributed by atoms with Crippen molar-refractivity contribution in [3.63, 3.8) is 0 Å². The summed E-state index contributed by atoms with van der Waals surface area (Å²) in [7, 11) is 1.62. The van der Waals surface area contributed by atoms with Gasteiger partial charge in [0, 0.05) is 11.1 Å². The van der Waals surface area contributed by atoms with Gasteiger partial charge in [0.25, 0.3) is 5.91 Å². The van der Waals surface area contributed by atoms with Crippen LogP contribution < -0.4 is 4.74 Å². The Morgan fingerprint density at radius 2 is 1.91 bits per heavy atom. The summed E-state index contributed by atoms with van der Waals surface area (Å²) in [6, 6.07) is 14.8. The summed E-state index contributed by atoms with van der Waals surface area (Å²) in [4.78, 5) is 14.5. The molecule has 2 unspecified atom stereocenters. The Morgan fingerprint density at radius 1 is 1.22 bits per heavy atom. The van der Waals surface area contributed by atoms with Gasteiger partial charge >= 0.3 is 0 Å². The van der Waals surface area contributed by atoms with Crippen LogP contribution in [0.25, 0.3) is 0 Å². The van der Waals surface area contributed by atoms with E-state index in [9.17, 15) is 10.1 Å². The minimum absolute atomic E-state index is 0.0760. The molecule has 0 bridgehead atoms. The van der Waals surface area contributed by atoms with Crippen LogP contribution in [0.1, 0.15) is 46.1 Å². The van der Waals surface area contributed by atoms with Crippen molar-refractivity contribution in [2.75, 3.05) is 7.11 Å². The maximum atomic E-state index is 12.9. The first kappa shape index (κ1) is 15.1. The Bertz CT molecular complexity index is 790. The second-order valence-corrected chi connectivity index (χ2v) is 5.73. The SMILES string of the molecule is COc1ccc(C(C)N2C(=O)c3c(C)cccc3C2C#N)cc1. The van der Waals surface area contributed by atoms with Crippen molar-refractivity contribution in [3.05, 3.63) is 64.7 Å². The summed E-state index contributed by atoms with van der Waals surface area (Å²) < 4.78 is 5.17. The van der Waals surface area contributed by atoms with Gasteiger partial charge in [-0.3, -0.25) is 4.79 Å². The molecule has 1 heterocycles. The fraction of sp³-hybridized carbons (Fsp3) is 0.263. The van der Waals surface area contributed by atoms with E-state index in [1.807, 2.05) is 56.3 Å². The summed E-state index contributed by atoms with van der Waals surface area (Å²) in [5.74, 6) is 0.692. The number of benzene rings is 2. The van der Waals surface area contributed by atoms with E-state index in [0.717, 1.165) is 22.4 Å². The number of carbonyl (C=O) groups excluding carboxylic acids is 1. The molecule has 2 atom stereocenters. The average Bonchev–Trinajstić information content (AvgIpc) is 2.87. The summed E-state index contributed by atoms with van der Waals surface area (Å²) in [5, 5.41) is 9.61. The first-order valence-electron chi connectivity index (χ1n) is 7.54. The number of nitriles is 1. The van der Waals surface area contributed by atoms with Gasteiger partial charge in [0.15, 0.2) is 0 Å². The molecule has 1 aliphatic heterocycles. The second-order valence-electron chi connectivity index (χ2n) is 5.73. The highest BCUT2D eigenvalue weighted by Crippen LogP contribution is 2.40. The number of nitrogens with zero attached hydrogens (tertiary/aromatic N) is 2. The standard InChI is InChI=1S/C19H18N2O2/c1-12-5-4-6-16-17(11-20)21(19(22)18(12)16)13(2)14-7-9-15(23-3)10-8-14/h4-10,13,17H,1-3H3. The molecular formula is C19H18N2O2. The van der Waals surface area contributed by atoms with Crippen molar-refractivity contribution < 1.29 is 9.53 Å². The zero-order valence-corrected chi connectivity index (χ0v) is 13.4. The Labute approximate surface area is 135 Å². The summed E-state index contributed by atoms with van der Waals surface area (Å²) in [5.41, 5.74) is 3.36. The lowest BCUT2D eigenvalue weighted by molar-refractivity contribution is 0.0687. The van der Waals surface area contributed by atoms with Crippen LogP contribution in [0.3, 0.4) is 0 Å². The fourth-order valence-electron chi connectivity index (χ4n) is 3.18. The molecule has 4 heteroatoms. The number of hydrogen-bond donors (Lipinski definition) is 0. The fourth-order valence-corrected chi connectivity index (χ4v) is 3.18. The van der Waals surface area contributed by atoms with Gasteiger partial charge in [-0.05, 0) is 37.1 Å². The Morgan fingerprint density at radius 3 is 2.52 bits per heavy atom. The van der Waals surface area contributed by atoms with E-state index in [-0.39, 0.29) is 11.9 Å². The van der Waals surface area contributed by atoms with Crippen molar-refractivity contribution in [1.82, 2.24) is 4.90 Å². The number of aryl methyl sites for hydroxylation is 1. The minimum atomic E-state index is -0.547. The molecule has 3 rings (SSSR count). The van der Waals surface area contributed by atoms with Crippen LogP contribution >= 0.6 is 0 Å². The Balaban J connectivity index is 2.01. The van der Waals surface area contributed by atoms with Crippen LogP contribution in [0.2, 0.25) is 0 Å². The largest absolute Gasteiger partial charge is 0.497 e. The number of amides is 1. The van der Waals surface area contributed by atoms with E-state index >= 15 is 0 Å². The van der Waals surface area contributed by atoms with E-state index in [1.54, 1.807) is 12.0 Å². The highest BCUT2D eigenvalue weighted by molar-refractivity contribution is 6.01. The Kier molecular flexibility index (Phi) is 3.79. The predicted molar refractivity (Wildman–Crippen MR) is 87.1 cm³/mol. The Hall–Kier alpha value is -2.80. The van der Waals surface area contributed by atoms with Crippen LogP contribution in [-0.4, -0.2) is 17.9 Å². The van der Waals surface area contributed by atoms with E-state index < -0.39 is 6.04 Å². The first-order chi connectivity index (χ1) is 11.1. The lowest BCUT2D eigenvalue weighted by atomic mass is 10.0. The van der Waals surface area contributed by atoms with Gasteiger partial charge in [-0.2, -0.15) is 5.26 Å². The number of fused-ring (bicyclic) bond motifs is 1. The van der Waals surface area contributed by atoms with Crippen molar-refractivity contribution >= 4 is 5.91 Å². The monoisotopic (exact) mass is 306 g/mol. The average molecular weight is 306 g/mol. The van der Waals surface area contributed by atoms with Crippen LogP contribution in [0.15, 0.2) is 42.5 Å². The first-order valence-corrected chi connectivity index (χ1v) is 7.54. The van der Waals surface area contributed by atoms with Gasteiger partial charge in [0.1, 0.15) is 11.8 Å². The zero-order valence-electron chi connectivity index (χ0n) is 13.4. The van der Waals surface area contributed by atoms with Crippen LogP contribution in [-0.2, 0) is 0 Å². The second kappa shape index (κ2) is 5.77. The van der Waals surface area contributed by atoms with E-state index in [4.69, 9.17) is 4.74 Å². The summed E-state index contributed by atoms with van der Waals surface area (Å²) in [6.07, 6.45) is 0. The molecule has 0 N–H and O–H groups in total. The molecular weight excluding hydrogens is 288 g/mol. The van der Waals surface area contributed by atoms with Gasteiger partial charge in [0.2, 0.25) is 0 Å². The summed E-state index contributed by atoms with van der Waals surface area (Å²) >= 11 is 0. The van der Waals surface area contributed by atoms with E-state index in [0.29, 0.717) is 5.56 Å². The van der Waals surface area contributed by atoms with Gasteiger partial charge in [0.05, 0.1) is 19.2 Å². The zero-order chi connectivity index (χ0) is 16.6. The van der Waals surface area contributed by atoms with Crippen molar-refractivity contribution in [2.24, 2.45) is 0 Å². The molecule has 0 spiro atoms. The highest BCUT2D eigenvalue weighted by Gasteiger charge is 2.40. The number of ether oxygens (including phenoxy) is 1. The van der Waals surface area contributed by atoms with Crippen LogP contribution in [0, 0.1) is 18.3 Å². The molecule has 0 fully saturated rings. The lowest BCUT2D eigenvalue weighted by Gasteiger charge is -2.28. The van der Waals surface area contributed by atoms with E-state index in [2.05, 4.69) is 6.07 Å². The number of carbonyl (C=O) groups is 1. The molecule has 4 nitrogen and oxygen atoms in total. The molecule has 1 aliphatic rings. The molecule has 2 aromatic carbocycles. The van der Waals surface area contributed by atoms with Crippen LogP contribution in [0.5, 0.6) is 5.75 Å².